The van der Waals surface area contributed by atoms with Crippen molar-refractivity contribution in [2.75, 3.05) is 18.9 Å². The molecule has 0 amide bonds. The molecule has 1 fully saturated rings. The molecular formula is C20H25N5O4. The number of hydrogen-bond donors (Lipinski definition) is 3. The summed E-state index contributed by atoms with van der Waals surface area (Å²) in [6, 6.07) is 10.3. The molecule has 1 saturated heterocycles. The summed E-state index contributed by atoms with van der Waals surface area (Å²) >= 11 is 0. The number of nitrogen functional groups attached to an aromatic ring is 1. The van der Waals surface area contributed by atoms with E-state index in [0.29, 0.717) is 17.8 Å². The standard InChI is InChI=1S/C20H25N5O4/c21-18-15-19(23-11-22-18)25(12-24-15)20-17(27)16(26)14(29-20)10-28-9-5-4-8-13-6-2-1-3-7-13/h1-3,6-7,11-12,14,16-17,20,26-27H,4-5,8-10H2,(H2,21,22,23)/t14-,16-,17-,20-/m1/s1. The van der Waals surface area contributed by atoms with Crippen molar-refractivity contribution in [3.05, 3.63) is 48.5 Å². The summed E-state index contributed by atoms with van der Waals surface area (Å²) < 4.78 is 13.1. The van der Waals surface area contributed by atoms with Crippen molar-refractivity contribution >= 4 is 17.0 Å². The molecule has 4 N–H and O–H groups in total. The van der Waals surface area contributed by atoms with Crippen molar-refractivity contribution in [2.45, 2.75) is 43.8 Å². The third-order valence-corrected chi connectivity index (χ3v) is 5.13. The van der Waals surface area contributed by atoms with Crippen LogP contribution < -0.4 is 5.73 Å². The van der Waals surface area contributed by atoms with Crippen molar-refractivity contribution in [3.63, 3.8) is 0 Å². The number of benzene rings is 1. The van der Waals surface area contributed by atoms with Gasteiger partial charge in [0.05, 0.1) is 12.9 Å². The lowest BCUT2D eigenvalue weighted by atomic mass is 10.1. The summed E-state index contributed by atoms with van der Waals surface area (Å²) in [6.07, 6.45) is 2.07. The number of aromatic nitrogens is 4. The second kappa shape index (κ2) is 8.83. The maximum absolute atomic E-state index is 10.4. The van der Waals surface area contributed by atoms with Crippen LogP contribution in [-0.4, -0.2) is 61.3 Å². The first-order valence-electron chi connectivity index (χ1n) is 9.71. The van der Waals surface area contributed by atoms with Gasteiger partial charge in [0.2, 0.25) is 0 Å². The molecule has 0 spiro atoms. The van der Waals surface area contributed by atoms with Gasteiger partial charge in [-0.3, -0.25) is 4.57 Å². The third-order valence-electron chi connectivity index (χ3n) is 5.13. The quantitative estimate of drug-likeness (QED) is 0.480. The van der Waals surface area contributed by atoms with Crippen LogP contribution in [0.5, 0.6) is 0 Å². The van der Waals surface area contributed by atoms with Gasteiger partial charge in [0.25, 0.3) is 0 Å². The first kappa shape index (κ1) is 19.7. The molecule has 154 valence electrons. The Morgan fingerprint density at radius 1 is 1.07 bits per heavy atom. The van der Waals surface area contributed by atoms with Crippen LogP contribution in [0.25, 0.3) is 11.2 Å². The van der Waals surface area contributed by atoms with E-state index < -0.39 is 24.5 Å². The van der Waals surface area contributed by atoms with Crippen molar-refractivity contribution in [2.24, 2.45) is 0 Å². The van der Waals surface area contributed by atoms with Gasteiger partial charge in [0, 0.05) is 6.61 Å². The predicted molar refractivity (Wildman–Crippen MR) is 106 cm³/mol. The molecule has 0 saturated carbocycles. The first-order valence-corrected chi connectivity index (χ1v) is 9.71. The van der Waals surface area contributed by atoms with Crippen LogP contribution in [0, 0.1) is 0 Å². The van der Waals surface area contributed by atoms with E-state index in [1.54, 1.807) is 4.57 Å². The van der Waals surface area contributed by atoms with E-state index in [1.807, 2.05) is 18.2 Å². The smallest absolute Gasteiger partial charge is 0.167 e. The molecule has 0 radical (unpaired) electrons. The minimum absolute atomic E-state index is 0.198. The maximum atomic E-state index is 10.4. The van der Waals surface area contributed by atoms with Crippen LogP contribution in [0.2, 0.25) is 0 Å². The van der Waals surface area contributed by atoms with E-state index in [9.17, 15) is 10.2 Å². The number of rotatable bonds is 8. The molecule has 1 aliphatic rings. The number of nitrogens with zero attached hydrogens (tertiary/aromatic N) is 4. The molecule has 0 aliphatic carbocycles. The molecule has 0 unspecified atom stereocenters. The molecule has 9 nitrogen and oxygen atoms in total. The predicted octanol–water partition coefficient (Wildman–Crippen LogP) is 1.07. The number of fused-ring (bicyclic) bond motifs is 1. The normalized spacial score (nSPS) is 24.3. The summed E-state index contributed by atoms with van der Waals surface area (Å²) in [5.41, 5.74) is 7.98. The molecule has 4 rings (SSSR count). The van der Waals surface area contributed by atoms with E-state index in [0.717, 1.165) is 19.3 Å². The zero-order valence-corrected chi connectivity index (χ0v) is 16.0. The van der Waals surface area contributed by atoms with Crippen LogP contribution in [0.4, 0.5) is 5.82 Å². The Bertz CT molecular complexity index is 935. The fraction of sp³-hybridized carbons (Fsp3) is 0.450. The van der Waals surface area contributed by atoms with Crippen molar-refractivity contribution in [3.8, 4) is 0 Å². The second-order valence-corrected chi connectivity index (χ2v) is 7.15. The highest BCUT2D eigenvalue weighted by Crippen LogP contribution is 2.32. The molecule has 3 heterocycles. The summed E-state index contributed by atoms with van der Waals surface area (Å²) in [5.74, 6) is 0.247. The highest BCUT2D eigenvalue weighted by molar-refractivity contribution is 5.81. The van der Waals surface area contributed by atoms with E-state index in [-0.39, 0.29) is 12.4 Å². The van der Waals surface area contributed by atoms with E-state index in [4.69, 9.17) is 15.2 Å². The highest BCUT2D eigenvalue weighted by atomic mass is 16.6. The van der Waals surface area contributed by atoms with Crippen LogP contribution in [0.1, 0.15) is 24.6 Å². The maximum Gasteiger partial charge on any atom is 0.167 e. The first-order chi connectivity index (χ1) is 14.1. The molecule has 0 bridgehead atoms. The molecule has 9 heteroatoms. The number of imidazole rings is 1. The second-order valence-electron chi connectivity index (χ2n) is 7.15. The number of unbranched alkanes of at least 4 members (excludes halogenated alkanes) is 1. The zero-order chi connectivity index (χ0) is 20.2. The van der Waals surface area contributed by atoms with Gasteiger partial charge in [-0.15, -0.1) is 0 Å². The Balaban J connectivity index is 1.28. The number of aryl methyl sites for hydroxylation is 1. The number of aliphatic hydroxyl groups is 2. The van der Waals surface area contributed by atoms with Crippen molar-refractivity contribution in [1.29, 1.82) is 0 Å². The van der Waals surface area contributed by atoms with Gasteiger partial charge in [0.15, 0.2) is 17.7 Å². The fourth-order valence-corrected chi connectivity index (χ4v) is 3.53. The average Bonchev–Trinajstić information content (AvgIpc) is 3.28. The summed E-state index contributed by atoms with van der Waals surface area (Å²) in [6.45, 7) is 0.766. The van der Waals surface area contributed by atoms with E-state index in [1.165, 1.54) is 18.2 Å². The van der Waals surface area contributed by atoms with E-state index in [2.05, 4.69) is 27.1 Å². The number of ether oxygens (including phenoxy) is 2. The van der Waals surface area contributed by atoms with Gasteiger partial charge in [0.1, 0.15) is 30.2 Å². The van der Waals surface area contributed by atoms with Gasteiger partial charge in [-0.1, -0.05) is 30.3 Å². The van der Waals surface area contributed by atoms with Crippen LogP contribution in [0.3, 0.4) is 0 Å². The van der Waals surface area contributed by atoms with Gasteiger partial charge in [-0.25, -0.2) is 15.0 Å². The molecule has 2 aromatic heterocycles. The van der Waals surface area contributed by atoms with Gasteiger partial charge >= 0.3 is 0 Å². The van der Waals surface area contributed by atoms with Gasteiger partial charge < -0.3 is 25.4 Å². The molecular weight excluding hydrogens is 374 g/mol. The number of aliphatic hydroxyl groups excluding tert-OH is 2. The molecule has 29 heavy (non-hydrogen) atoms. The van der Waals surface area contributed by atoms with Gasteiger partial charge in [-0.2, -0.15) is 0 Å². The lowest BCUT2D eigenvalue weighted by Crippen LogP contribution is -2.33. The summed E-state index contributed by atoms with van der Waals surface area (Å²) in [5, 5.41) is 20.8. The Labute approximate surface area is 168 Å². The molecule has 1 aromatic carbocycles. The Morgan fingerprint density at radius 2 is 1.90 bits per heavy atom. The minimum Gasteiger partial charge on any atom is -0.387 e. The fourth-order valence-electron chi connectivity index (χ4n) is 3.53. The largest absolute Gasteiger partial charge is 0.387 e. The SMILES string of the molecule is Nc1ncnc2c1ncn2[C@@H]1O[C@H](COCCCCc2ccccc2)[C@@H](O)[C@H]1O. The number of hydrogen-bond acceptors (Lipinski definition) is 8. The van der Waals surface area contributed by atoms with Crippen molar-refractivity contribution in [1.82, 2.24) is 19.5 Å². The molecule has 4 atom stereocenters. The lowest BCUT2D eigenvalue weighted by molar-refractivity contribution is -0.0656. The van der Waals surface area contributed by atoms with Crippen LogP contribution in [0.15, 0.2) is 43.0 Å². The molecule has 1 aliphatic heterocycles. The number of anilines is 1. The zero-order valence-electron chi connectivity index (χ0n) is 16.0. The minimum atomic E-state index is -1.13. The van der Waals surface area contributed by atoms with Gasteiger partial charge in [-0.05, 0) is 24.8 Å². The Kier molecular flexibility index (Phi) is 6.00. The van der Waals surface area contributed by atoms with E-state index >= 15 is 0 Å². The highest BCUT2D eigenvalue weighted by Gasteiger charge is 2.44. The third kappa shape index (κ3) is 4.23. The topological polar surface area (TPSA) is 129 Å². The Hall–Kier alpha value is -2.59. The van der Waals surface area contributed by atoms with Crippen molar-refractivity contribution < 1.29 is 19.7 Å². The lowest BCUT2D eigenvalue weighted by Gasteiger charge is -2.16. The average molecular weight is 399 g/mol. The van der Waals surface area contributed by atoms with Crippen LogP contribution in [-0.2, 0) is 15.9 Å². The van der Waals surface area contributed by atoms with Crippen LogP contribution >= 0.6 is 0 Å². The monoisotopic (exact) mass is 399 g/mol. The summed E-state index contributed by atoms with van der Waals surface area (Å²) in [7, 11) is 0. The summed E-state index contributed by atoms with van der Waals surface area (Å²) in [4.78, 5) is 12.2. The number of nitrogens with two attached hydrogens (primary N) is 1. The Morgan fingerprint density at radius 3 is 2.72 bits per heavy atom. The molecule has 3 aromatic rings.